The summed E-state index contributed by atoms with van der Waals surface area (Å²) in [5.41, 5.74) is 1.57. The number of nitrogens with zero attached hydrogens (tertiary/aromatic N) is 3. The fourth-order valence-electron chi connectivity index (χ4n) is 2.28. The average molecular weight is 314 g/mol. The van der Waals surface area contributed by atoms with Crippen molar-refractivity contribution in [3.8, 4) is 0 Å². The minimum Gasteiger partial charge on any atom is -0.349 e. The molecule has 0 aliphatic rings. The van der Waals surface area contributed by atoms with Crippen LogP contribution in [0.15, 0.2) is 42.7 Å². The maximum atomic E-state index is 12.2. The molecule has 0 saturated heterocycles. The lowest BCUT2D eigenvalue weighted by atomic mass is 10.1. The highest BCUT2D eigenvalue weighted by atomic mass is 16.2. The molecule has 1 aromatic carbocycles. The summed E-state index contributed by atoms with van der Waals surface area (Å²) in [6.07, 6.45) is 3.88. The monoisotopic (exact) mass is 314 g/mol. The van der Waals surface area contributed by atoms with Crippen molar-refractivity contribution in [2.45, 2.75) is 25.9 Å². The minimum atomic E-state index is -0.230. The summed E-state index contributed by atoms with van der Waals surface area (Å²) >= 11 is 0. The van der Waals surface area contributed by atoms with Gasteiger partial charge in [-0.1, -0.05) is 18.2 Å². The molecule has 1 N–H and O–H groups in total. The van der Waals surface area contributed by atoms with Crippen molar-refractivity contribution < 1.29 is 9.59 Å². The molecule has 0 spiro atoms. The van der Waals surface area contributed by atoms with Crippen molar-refractivity contribution >= 4 is 11.8 Å². The first-order valence-corrected chi connectivity index (χ1v) is 7.53. The highest BCUT2D eigenvalue weighted by molar-refractivity contribution is 5.94. The Balaban J connectivity index is 1.83. The maximum absolute atomic E-state index is 12.2. The standard InChI is InChI=1S/C17H22N4O2/c1-13(19-17(23)15-7-5-4-6-8-15)9-16(22)20(2)11-14-10-18-21(3)12-14/h4-8,10,12-13H,9,11H2,1-3H3,(H,19,23). The van der Waals surface area contributed by atoms with Crippen molar-refractivity contribution in [3.63, 3.8) is 0 Å². The summed E-state index contributed by atoms with van der Waals surface area (Å²) in [6.45, 7) is 2.34. The highest BCUT2D eigenvalue weighted by Crippen LogP contribution is 2.05. The van der Waals surface area contributed by atoms with Crippen LogP contribution in [0.5, 0.6) is 0 Å². The summed E-state index contributed by atoms with van der Waals surface area (Å²) in [5.74, 6) is -0.185. The largest absolute Gasteiger partial charge is 0.349 e. The van der Waals surface area contributed by atoms with Crippen LogP contribution in [0, 0.1) is 0 Å². The van der Waals surface area contributed by atoms with Gasteiger partial charge >= 0.3 is 0 Å². The molecule has 6 nitrogen and oxygen atoms in total. The fourth-order valence-corrected chi connectivity index (χ4v) is 2.28. The Morgan fingerprint density at radius 3 is 2.61 bits per heavy atom. The van der Waals surface area contributed by atoms with E-state index in [4.69, 9.17) is 0 Å². The van der Waals surface area contributed by atoms with Crippen LogP contribution in [0.1, 0.15) is 29.3 Å². The fraction of sp³-hybridized carbons (Fsp3) is 0.353. The number of amides is 2. The van der Waals surface area contributed by atoms with Crippen LogP contribution in [-0.4, -0.2) is 39.6 Å². The molecule has 0 fully saturated rings. The van der Waals surface area contributed by atoms with Crippen molar-refractivity contribution in [1.82, 2.24) is 20.0 Å². The van der Waals surface area contributed by atoms with Gasteiger partial charge in [0.25, 0.3) is 5.91 Å². The van der Waals surface area contributed by atoms with Crippen molar-refractivity contribution in [3.05, 3.63) is 53.9 Å². The number of rotatable bonds is 6. The van der Waals surface area contributed by atoms with Crippen LogP contribution in [-0.2, 0) is 18.4 Å². The van der Waals surface area contributed by atoms with E-state index in [1.54, 1.807) is 35.0 Å². The highest BCUT2D eigenvalue weighted by Gasteiger charge is 2.16. The quantitative estimate of drug-likeness (QED) is 0.880. The molecule has 2 aromatic rings. The molecule has 1 heterocycles. The van der Waals surface area contributed by atoms with Gasteiger partial charge in [-0.05, 0) is 19.1 Å². The normalized spacial score (nSPS) is 11.8. The Bertz CT molecular complexity index is 666. The van der Waals surface area contributed by atoms with Gasteiger partial charge in [-0.25, -0.2) is 0 Å². The van der Waals surface area contributed by atoms with Gasteiger partial charge in [0, 0.05) is 50.4 Å². The third-order valence-electron chi connectivity index (χ3n) is 3.50. The van der Waals surface area contributed by atoms with Crippen LogP contribution in [0.25, 0.3) is 0 Å². The number of carbonyl (C=O) groups is 2. The van der Waals surface area contributed by atoms with E-state index in [1.165, 1.54) is 0 Å². The molecule has 0 aliphatic carbocycles. The minimum absolute atomic E-state index is 0.0188. The Morgan fingerprint density at radius 2 is 2.00 bits per heavy atom. The van der Waals surface area contributed by atoms with Gasteiger partial charge in [0.15, 0.2) is 0 Å². The third kappa shape index (κ3) is 4.95. The predicted molar refractivity (Wildman–Crippen MR) is 87.7 cm³/mol. The molecule has 23 heavy (non-hydrogen) atoms. The first-order chi connectivity index (χ1) is 11.0. The van der Waals surface area contributed by atoms with E-state index in [1.807, 2.05) is 38.4 Å². The van der Waals surface area contributed by atoms with Crippen LogP contribution >= 0.6 is 0 Å². The zero-order valence-electron chi connectivity index (χ0n) is 13.7. The maximum Gasteiger partial charge on any atom is 0.251 e. The summed E-state index contributed by atoms with van der Waals surface area (Å²) in [5, 5.41) is 6.93. The number of aromatic nitrogens is 2. The molecule has 2 amide bonds. The Labute approximate surface area is 136 Å². The Hall–Kier alpha value is -2.63. The topological polar surface area (TPSA) is 67.2 Å². The number of hydrogen-bond acceptors (Lipinski definition) is 3. The molecule has 1 atom stereocenters. The van der Waals surface area contributed by atoms with Gasteiger partial charge in [-0.15, -0.1) is 0 Å². The van der Waals surface area contributed by atoms with E-state index < -0.39 is 0 Å². The van der Waals surface area contributed by atoms with Crippen LogP contribution in [0.3, 0.4) is 0 Å². The Kier molecular flexibility index (Phi) is 5.51. The SMILES string of the molecule is CC(CC(=O)N(C)Cc1cnn(C)c1)NC(=O)c1ccccc1. The summed E-state index contributed by atoms with van der Waals surface area (Å²) in [4.78, 5) is 25.9. The van der Waals surface area contributed by atoms with Gasteiger partial charge in [-0.3, -0.25) is 14.3 Å². The van der Waals surface area contributed by atoms with Crippen molar-refractivity contribution in [1.29, 1.82) is 0 Å². The van der Waals surface area contributed by atoms with Crippen LogP contribution in [0.2, 0.25) is 0 Å². The van der Waals surface area contributed by atoms with E-state index >= 15 is 0 Å². The van der Waals surface area contributed by atoms with Gasteiger partial charge < -0.3 is 10.2 Å². The average Bonchev–Trinajstić information content (AvgIpc) is 2.93. The Morgan fingerprint density at radius 1 is 1.30 bits per heavy atom. The summed E-state index contributed by atoms with van der Waals surface area (Å²) < 4.78 is 1.70. The lowest BCUT2D eigenvalue weighted by Gasteiger charge is -2.19. The zero-order valence-corrected chi connectivity index (χ0v) is 13.7. The zero-order chi connectivity index (χ0) is 16.8. The van der Waals surface area contributed by atoms with E-state index in [0.29, 0.717) is 12.1 Å². The lowest BCUT2D eigenvalue weighted by Crippen LogP contribution is -2.37. The molecule has 0 saturated carbocycles. The summed E-state index contributed by atoms with van der Waals surface area (Å²) in [7, 11) is 3.59. The predicted octanol–water partition coefficient (Wildman–Crippen LogP) is 1.59. The molecule has 0 bridgehead atoms. The van der Waals surface area contributed by atoms with Crippen LogP contribution < -0.4 is 5.32 Å². The summed E-state index contributed by atoms with van der Waals surface area (Å²) in [6, 6.07) is 8.75. The molecular weight excluding hydrogens is 292 g/mol. The number of hydrogen-bond donors (Lipinski definition) is 1. The van der Waals surface area contributed by atoms with E-state index in [-0.39, 0.29) is 24.3 Å². The lowest BCUT2D eigenvalue weighted by molar-refractivity contribution is -0.130. The molecule has 0 aliphatic heterocycles. The number of carbonyl (C=O) groups excluding carboxylic acids is 2. The second-order valence-corrected chi connectivity index (χ2v) is 5.72. The van der Waals surface area contributed by atoms with Gasteiger partial charge in [0.2, 0.25) is 5.91 Å². The smallest absolute Gasteiger partial charge is 0.251 e. The van der Waals surface area contributed by atoms with Gasteiger partial charge in [-0.2, -0.15) is 5.10 Å². The number of aryl methyl sites for hydroxylation is 1. The van der Waals surface area contributed by atoms with Gasteiger partial charge in [0.05, 0.1) is 6.20 Å². The van der Waals surface area contributed by atoms with Crippen molar-refractivity contribution in [2.24, 2.45) is 7.05 Å². The second-order valence-electron chi connectivity index (χ2n) is 5.72. The molecule has 1 aromatic heterocycles. The molecule has 6 heteroatoms. The van der Waals surface area contributed by atoms with E-state index in [9.17, 15) is 9.59 Å². The number of nitrogens with one attached hydrogen (secondary N) is 1. The van der Waals surface area contributed by atoms with E-state index in [0.717, 1.165) is 5.56 Å². The molecule has 0 radical (unpaired) electrons. The van der Waals surface area contributed by atoms with Gasteiger partial charge in [0.1, 0.15) is 0 Å². The number of benzene rings is 1. The second kappa shape index (κ2) is 7.58. The van der Waals surface area contributed by atoms with Crippen molar-refractivity contribution in [2.75, 3.05) is 7.05 Å². The molecule has 122 valence electrons. The van der Waals surface area contributed by atoms with Crippen LogP contribution in [0.4, 0.5) is 0 Å². The van der Waals surface area contributed by atoms with E-state index in [2.05, 4.69) is 10.4 Å². The first-order valence-electron chi connectivity index (χ1n) is 7.53. The first kappa shape index (κ1) is 16.7. The molecule has 1 unspecified atom stereocenters. The molecular formula is C17H22N4O2. The molecule has 2 rings (SSSR count). The third-order valence-corrected chi connectivity index (χ3v) is 3.50.